The lowest BCUT2D eigenvalue weighted by Crippen LogP contribution is -2.01. The van der Waals surface area contributed by atoms with E-state index >= 15 is 0 Å². The van der Waals surface area contributed by atoms with Gasteiger partial charge in [-0.1, -0.05) is 29.8 Å². The van der Waals surface area contributed by atoms with Crippen molar-refractivity contribution >= 4 is 5.97 Å². The first-order valence-electron chi connectivity index (χ1n) is 5.77. The van der Waals surface area contributed by atoms with Crippen molar-refractivity contribution in [3.05, 3.63) is 65.0 Å². The SMILES string of the molecule is Cc1ccc(COc2ccc(C(=O)O)c(F)c2)cc1. The van der Waals surface area contributed by atoms with Crippen LogP contribution in [0.3, 0.4) is 0 Å². The Morgan fingerprint density at radius 2 is 1.89 bits per heavy atom. The smallest absolute Gasteiger partial charge is 0.338 e. The second-order valence-corrected chi connectivity index (χ2v) is 4.22. The first kappa shape index (κ1) is 13.1. The van der Waals surface area contributed by atoms with Gasteiger partial charge < -0.3 is 9.84 Å². The zero-order chi connectivity index (χ0) is 13.8. The average molecular weight is 260 g/mol. The molecule has 0 bridgehead atoms. The minimum atomic E-state index is -1.29. The number of halogens is 1. The van der Waals surface area contributed by atoms with E-state index in [0.717, 1.165) is 17.2 Å². The van der Waals surface area contributed by atoms with Crippen molar-refractivity contribution in [3.8, 4) is 5.75 Å². The van der Waals surface area contributed by atoms with Crippen molar-refractivity contribution in [3.63, 3.8) is 0 Å². The highest BCUT2D eigenvalue weighted by Crippen LogP contribution is 2.18. The van der Waals surface area contributed by atoms with Crippen LogP contribution in [0.25, 0.3) is 0 Å². The highest BCUT2D eigenvalue weighted by atomic mass is 19.1. The number of aromatic carboxylic acids is 1. The molecule has 4 heteroatoms. The molecule has 0 aliphatic carbocycles. The van der Waals surface area contributed by atoms with Crippen molar-refractivity contribution in [1.29, 1.82) is 0 Å². The molecule has 2 aromatic carbocycles. The van der Waals surface area contributed by atoms with Gasteiger partial charge in [0.2, 0.25) is 0 Å². The van der Waals surface area contributed by atoms with Gasteiger partial charge in [0.05, 0.1) is 5.56 Å². The van der Waals surface area contributed by atoms with Crippen LogP contribution in [0.2, 0.25) is 0 Å². The average Bonchev–Trinajstić information content (AvgIpc) is 2.37. The molecule has 0 saturated heterocycles. The molecule has 0 aromatic heterocycles. The topological polar surface area (TPSA) is 46.5 Å². The second kappa shape index (κ2) is 5.52. The molecular weight excluding hydrogens is 247 g/mol. The lowest BCUT2D eigenvalue weighted by molar-refractivity contribution is 0.0692. The fraction of sp³-hybridized carbons (Fsp3) is 0.133. The Morgan fingerprint density at radius 3 is 2.47 bits per heavy atom. The van der Waals surface area contributed by atoms with Crippen molar-refractivity contribution in [1.82, 2.24) is 0 Å². The highest BCUT2D eigenvalue weighted by Gasteiger charge is 2.10. The Balaban J connectivity index is 2.06. The molecule has 0 spiro atoms. The van der Waals surface area contributed by atoms with Crippen LogP contribution in [0, 0.1) is 12.7 Å². The zero-order valence-electron chi connectivity index (χ0n) is 10.4. The molecule has 3 nitrogen and oxygen atoms in total. The maximum Gasteiger partial charge on any atom is 0.338 e. The maximum atomic E-state index is 13.4. The Bertz CT molecular complexity index is 591. The van der Waals surface area contributed by atoms with Crippen LogP contribution in [-0.2, 0) is 6.61 Å². The summed E-state index contributed by atoms with van der Waals surface area (Å²) in [6.07, 6.45) is 0. The summed E-state index contributed by atoms with van der Waals surface area (Å²) < 4.78 is 18.8. The van der Waals surface area contributed by atoms with E-state index in [4.69, 9.17) is 9.84 Å². The molecule has 1 N–H and O–H groups in total. The molecule has 19 heavy (non-hydrogen) atoms. The summed E-state index contributed by atoms with van der Waals surface area (Å²) in [6.45, 7) is 2.30. The quantitative estimate of drug-likeness (QED) is 0.916. The summed E-state index contributed by atoms with van der Waals surface area (Å²) in [6, 6.07) is 11.5. The molecule has 0 heterocycles. The number of carboxylic acid groups (broad SMARTS) is 1. The molecule has 0 aliphatic heterocycles. The third kappa shape index (κ3) is 3.31. The number of hydrogen-bond acceptors (Lipinski definition) is 2. The largest absolute Gasteiger partial charge is 0.489 e. The Labute approximate surface area is 110 Å². The normalized spacial score (nSPS) is 10.2. The second-order valence-electron chi connectivity index (χ2n) is 4.22. The Kier molecular flexibility index (Phi) is 3.80. The molecule has 0 unspecified atom stereocenters. The van der Waals surface area contributed by atoms with Crippen LogP contribution in [0.4, 0.5) is 4.39 Å². The molecule has 2 rings (SSSR count). The van der Waals surface area contributed by atoms with E-state index in [2.05, 4.69) is 0 Å². The first-order chi connectivity index (χ1) is 9.06. The van der Waals surface area contributed by atoms with E-state index in [1.165, 1.54) is 12.1 Å². The van der Waals surface area contributed by atoms with E-state index < -0.39 is 11.8 Å². The van der Waals surface area contributed by atoms with Crippen LogP contribution in [0.15, 0.2) is 42.5 Å². The molecule has 0 fully saturated rings. The predicted molar refractivity (Wildman–Crippen MR) is 68.9 cm³/mol. The zero-order valence-corrected chi connectivity index (χ0v) is 10.4. The predicted octanol–water partition coefficient (Wildman–Crippen LogP) is 3.41. The molecule has 0 radical (unpaired) electrons. The summed E-state index contributed by atoms with van der Waals surface area (Å²) in [5.74, 6) is -1.78. The lowest BCUT2D eigenvalue weighted by atomic mass is 10.2. The standard InChI is InChI=1S/C15H13FO3/c1-10-2-4-11(5-3-10)9-19-12-6-7-13(15(17)18)14(16)8-12/h2-8H,9H2,1H3,(H,17,18). The fourth-order valence-electron chi connectivity index (χ4n) is 1.61. The summed E-state index contributed by atoms with van der Waals surface area (Å²) >= 11 is 0. The summed E-state index contributed by atoms with van der Waals surface area (Å²) in [5.41, 5.74) is 1.76. The van der Waals surface area contributed by atoms with Crippen molar-refractivity contribution < 1.29 is 19.0 Å². The van der Waals surface area contributed by atoms with Crippen molar-refractivity contribution in [2.45, 2.75) is 13.5 Å². The van der Waals surface area contributed by atoms with Crippen LogP contribution in [0.1, 0.15) is 21.5 Å². The number of carbonyl (C=O) groups is 1. The summed E-state index contributed by atoms with van der Waals surface area (Å²) in [5, 5.41) is 8.71. The maximum absolute atomic E-state index is 13.4. The van der Waals surface area contributed by atoms with Crippen LogP contribution in [0.5, 0.6) is 5.75 Å². The Morgan fingerprint density at radius 1 is 1.21 bits per heavy atom. The fourth-order valence-corrected chi connectivity index (χ4v) is 1.61. The molecule has 98 valence electrons. The molecule has 0 amide bonds. The number of rotatable bonds is 4. The van der Waals surface area contributed by atoms with Gasteiger partial charge >= 0.3 is 5.97 Å². The van der Waals surface area contributed by atoms with Crippen LogP contribution >= 0.6 is 0 Å². The number of ether oxygens (including phenoxy) is 1. The van der Waals surface area contributed by atoms with Gasteiger partial charge in [-0.25, -0.2) is 9.18 Å². The number of aryl methyl sites for hydroxylation is 1. The third-order valence-electron chi connectivity index (χ3n) is 2.70. The van der Waals surface area contributed by atoms with E-state index in [1.54, 1.807) is 0 Å². The number of benzene rings is 2. The lowest BCUT2D eigenvalue weighted by Gasteiger charge is -2.07. The van der Waals surface area contributed by atoms with E-state index in [-0.39, 0.29) is 5.56 Å². The van der Waals surface area contributed by atoms with Crippen molar-refractivity contribution in [2.75, 3.05) is 0 Å². The molecule has 0 aliphatic rings. The third-order valence-corrected chi connectivity index (χ3v) is 2.70. The summed E-state index contributed by atoms with van der Waals surface area (Å²) in [4.78, 5) is 10.7. The van der Waals surface area contributed by atoms with Crippen LogP contribution in [-0.4, -0.2) is 11.1 Å². The van der Waals surface area contributed by atoms with E-state index in [1.807, 2.05) is 31.2 Å². The summed E-state index contributed by atoms with van der Waals surface area (Å²) in [7, 11) is 0. The minimum absolute atomic E-state index is 0.308. The molecule has 2 aromatic rings. The molecular formula is C15H13FO3. The van der Waals surface area contributed by atoms with Gasteiger partial charge in [0.15, 0.2) is 0 Å². The number of hydrogen-bond donors (Lipinski definition) is 1. The van der Waals surface area contributed by atoms with Gasteiger partial charge in [-0.2, -0.15) is 0 Å². The first-order valence-corrected chi connectivity index (χ1v) is 5.77. The molecule has 0 saturated carbocycles. The van der Waals surface area contributed by atoms with Crippen molar-refractivity contribution in [2.24, 2.45) is 0 Å². The molecule has 0 atom stereocenters. The Hall–Kier alpha value is -2.36. The van der Waals surface area contributed by atoms with Gasteiger partial charge in [0, 0.05) is 6.07 Å². The number of carboxylic acids is 1. The van der Waals surface area contributed by atoms with Gasteiger partial charge in [0.25, 0.3) is 0 Å². The van der Waals surface area contributed by atoms with Gasteiger partial charge in [-0.05, 0) is 24.6 Å². The van der Waals surface area contributed by atoms with Crippen LogP contribution < -0.4 is 4.74 Å². The van der Waals surface area contributed by atoms with Gasteiger partial charge in [0.1, 0.15) is 18.2 Å². The van der Waals surface area contributed by atoms with E-state index in [9.17, 15) is 9.18 Å². The van der Waals surface area contributed by atoms with E-state index in [0.29, 0.717) is 12.4 Å². The van der Waals surface area contributed by atoms with Gasteiger partial charge in [-0.3, -0.25) is 0 Å². The van der Waals surface area contributed by atoms with Gasteiger partial charge in [-0.15, -0.1) is 0 Å². The monoisotopic (exact) mass is 260 g/mol. The minimum Gasteiger partial charge on any atom is -0.489 e. The highest BCUT2D eigenvalue weighted by molar-refractivity contribution is 5.88.